The molecule has 3 rings (SSSR count). The average Bonchev–Trinajstić information content (AvgIpc) is 3.07. The van der Waals surface area contributed by atoms with E-state index in [1.807, 2.05) is 30.3 Å². The molecule has 2 N–H and O–H groups in total. The molecule has 1 amide bonds. The van der Waals surface area contributed by atoms with Crippen molar-refractivity contribution in [3.8, 4) is 11.1 Å². The fourth-order valence-corrected chi connectivity index (χ4v) is 3.91. The highest BCUT2D eigenvalue weighted by molar-refractivity contribution is 7.15. The minimum atomic E-state index is -1.12. The van der Waals surface area contributed by atoms with Crippen LogP contribution in [0, 0.1) is 0 Å². The molecule has 27 heavy (non-hydrogen) atoms. The second-order valence-electron chi connectivity index (χ2n) is 5.82. The highest BCUT2D eigenvalue weighted by Gasteiger charge is 2.21. The number of aromatic carboxylic acids is 1. The molecule has 1 aromatic heterocycles. The Morgan fingerprint density at radius 3 is 2.44 bits per heavy atom. The van der Waals surface area contributed by atoms with Gasteiger partial charge in [0.2, 0.25) is 5.91 Å². The summed E-state index contributed by atoms with van der Waals surface area (Å²) < 4.78 is 0. The summed E-state index contributed by atoms with van der Waals surface area (Å²) in [6, 6.07) is 14.6. The summed E-state index contributed by atoms with van der Waals surface area (Å²) in [7, 11) is 0. The van der Waals surface area contributed by atoms with Crippen LogP contribution in [0.3, 0.4) is 0 Å². The van der Waals surface area contributed by atoms with Crippen molar-refractivity contribution in [2.24, 2.45) is 0 Å². The molecular formula is C20H15Cl2NO3S. The Bertz CT molecular complexity index is 986. The summed E-state index contributed by atoms with van der Waals surface area (Å²) in [5.41, 5.74) is 2.22. The molecule has 0 bridgehead atoms. The van der Waals surface area contributed by atoms with Gasteiger partial charge in [-0.15, -0.1) is 11.3 Å². The molecule has 0 atom stereocenters. The van der Waals surface area contributed by atoms with Gasteiger partial charge in [0.05, 0.1) is 10.0 Å². The fourth-order valence-electron chi connectivity index (χ4n) is 2.63. The van der Waals surface area contributed by atoms with Gasteiger partial charge in [0, 0.05) is 17.4 Å². The van der Waals surface area contributed by atoms with Crippen molar-refractivity contribution in [3.05, 3.63) is 75.1 Å². The van der Waals surface area contributed by atoms with E-state index in [0.717, 1.165) is 5.56 Å². The van der Waals surface area contributed by atoms with Crippen LogP contribution in [0.5, 0.6) is 0 Å². The van der Waals surface area contributed by atoms with Crippen molar-refractivity contribution in [1.82, 2.24) is 0 Å². The first-order valence-corrected chi connectivity index (χ1v) is 9.73. The molecule has 0 unspecified atom stereocenters. The Labute approximate surface area is 170 Å². The van der Waals surface area contributed by atoms with E-state index in [1.165, 1.54) is 11.3 Å². The maximum absolute atomic E-state index is 12.3. The maximum Gasteiger partial charge on any atom is 0.339 e. The number of aryl methyl sites for hydroxylation is 1. The summed E-state index contributed by atoms with van der Waals surface area (Å²) in [5, 5.41) is 15.1. The van der Waals surface area contributed by atoms with E-state index >= 15 is 0 Å². The van der Waals surface area contributed by atoms with Crippen LogP contribution < -0.4 is 5.32 Å². The summed E-state index contributed by atoms with van der Waals surface area (Å²) >= 11 is 13.1. The lowest BCUT2D eigenvalue weighted by Crippen LogP contribution is -2.14. The number of amides is 1. The summed E-state index contributed by atoms with van der Waals surface area (Å²) in [5.74, 6) is -1.35. The lowest BCUT2D eigenvalue weighted by atomic mass is 10.0. The van der Waals surface area contributed by atoms with E-state index < -0.39 is 5.97 Å². The van der Waals surface area contributed by atoms with Crippen molar-refractivity contribution in [2.45, 2.75) is 12.8 Å². The zero-order valence-electron chi connectivity index (χ0n) is 14.0. The van der Waals surface area contributed by atoms with Gasteiger partial charge in [-0.05, 0) is 29.7 Å². The monoisotopic (exact) mass is 419 g/mol. The zero-order valence-corrected chi connectivity index (χ0v) is 16.4. The van der Waals surface area contributed by atoms with E-state index in [2.05, 4.69) is 5.32 Å². The van der Waals surface area contributed by atoms with E-state index in [1.54, 1.807) is 23.6 Å². The van der Waals surface area contributed by atoms with Crippen LogP contribution in [0.2, 0.25) is 10.0 Å². The normalized spacial score (nSPS) is 10.6. The predicted octanol–water partition coefficient (Wildman–Crippen LogP) is 5.99. The largest absolute Gasteiger partial charge is 0.478 e. The minimum Gasteiger partial charge on any atom is -0.478 e. The van der Waals surface area contributed by atoms with Crippen LogP contribution in [0.25, 0.3) is 11.1 Å². The molecule has 138 valence electrons. The van der Waals surface area contributed by atoms with Crippen molar-refractivity contribution in [1.29, 1.82) is 0 Å². The third kappa shape index (κ3) is 4.69. The smallest absolute Gasteiger partial charge is 0.339 e. The first kappa shape index (κ1) is 19.4. The molecule has 0 aliphatic rings. The molecule has 0 aliphatic carbocycles. The number of carboxylic acids is 1. The Morgan fingerprint density at radius 2 is 1.78 bits per heavy atom. The van der Waals surface area contributed by atoms with Crippen molar-refractivity contribution >= 4 is 51.4 Å². The summed E-state index contributed by atoms with van der Waals surface area (Å²) in [6.07, 6.45) is 0.850. The Hall–Kier alpha value is -2.34. The number of thiophene rings is 1. The van der Waals surface area contributed by atoms with E-state index in [4.69, 9.17) is 23.2 Å². The van der Waals surface area contributed by atoms with Gasteiger partial charge in [-0.25, -0.2) is 4.79 Å². The van der Waals surface area contributed by atoms with Crippen LogP contribution >= 0.6 is 34.5 Å². The molecule has 7 heteroatoms. The molecule has 1 heterocycles. The lowest BCUT2D eigenvalue weighted by Gasteiger charge is -2.07. The first-order valence-electron chi connectivity index (χ1n) is 8.09. The van der Waals surface area contributed by atoms with Gasteiger partial charge < -0.3 is 10.4 Å². The molecule has 3 aromatic rings. The van der Waals surface area contributed by atoms with Gasteiger partial charge >= 0.3 is 5.97 Å². The average molecular weight is 420 g/mol. The maximum atomic E-state index is 12.3. The highest BCUT2D eigenvalue weighted by Crippen LogP contribution is 2.37. The number of nitrogens with one attached hydrogen (secondary N) is 1. The first-order chi connectivity index (χ1) is 13.0. The van der Waals surface area contributed by atoms with Gasteiger partial charge in [-0.3, -0.25) is 4.79 Å². The van der Waals surface area contributed by atoms with Crippen LogP contribution in [0.4, 0.5) is 5.00 Å². The summed E-state index contributed by atoms with van der Waals surface area (Å²) in [6.45, 7) is 0. The Morgan fingerprint density at radius 1 is 1.04 bits per heavy atom. The van der Waals surface area contributed by atoms with Crippen LogP contribution in [-0.2, 0) is 11.2 Å². The minimum absolute atomic E-state index is 0.0476. The second-order valence-corrected chi connectivity index (χ2v) is 7.52. The number of hydrogen-bond acceptors (Lipinski definition) is 3. The summed E-state index contributed by atoms with van der Waals surface area (Å²) in [4.78, 5) is 24.1. The van der Waals surface area contributed by atoms with Crippen LogP contribution in [0.1, 0.15) is 22.3 Å². The van der Waals surface area contributed by atoms with E-state index in [9.17, 15) is 14.7 Å². The number of hydrogen-bond donors (Lipinski definition) is 2. The standard InChI is InChI=1S/C20H15Cl2NO3S/c21-15-8-7-13(10-16(15)22)14-11-27-19(18(14)20(25)26)23-17(24)9-6-12-4-2-1-3-5-12/h1-5,7-8,10-11H,6,9H2,(H,23,24)(H,25,26). The Kier molecular flexibility index (Phi) is 6.16. The molecule has 0 radical (unpaired) electrons. The van der Waals surface area contributed by atoms with Crippen LogP contribution in [-0.4, -0.2) is 17.0 Å². The third-order valence-electron chi connectivity index (χ3n) is 3.97. The number of rotatable bonds is 6. The quantitative estimate of drug-likeness (QED) is 0.515. The Balaban J connectivity index is 1.79. The van der Waals surface area contributed by atoms with E-state index in [-0.39, 0.29) is 17.9 Å². The van der Waals surface area contributed by atoms with Gasteiger partial charge in [-0.2, -0.15) is 0 Å². The second kappa shape index (κ2) is 8.57. The van der Waals surface area contributed by atoms with Crippen LogP contribution in [0.15, 0.2) is 53.9 Å². The number of benzene rings is 2. The number of carbonyl (C=O) groups excluding carboxylic acids is 1. The molecule has 0 saturated carbocycles. The fraction of sp³-hybridized carbons (Fsp3) is 0.100. The van der Waals surface area contributed by atoms with Crippen molar-refractivity contribution in [2.75, 3.05) is 5.32 Å². The molecule has 0 spiro atoms. The van der Waals surface area contributed by atoms with Gasteiger partial charge in [0.1, 0.15) is 10.6 Å². The number of halogens is 2. The zero-order chi connectivity index (χ0) is 19.4. The topological polar surface area (TPSA) is 66.4 Å². The number of anilines is 1. The molecular weight excluding hydrogens is 405 g/mol. The molecule has 0 saturated heterocycles. The van der Waals surface area contributed by atoms with Crippen molar-refractivity contribution < 1.29 is 14.7 Å². The molecule has 0 fully saturated rings. The molecule has 4 nitrogen and oxygen atoms in total. The van der Waals surface area contributed by atoms with Crippen molar-refractivity contribution in [3.63, 3.8) is 0 Å². The molecule has 2 aromatic carbocycles. The van der Waals surface area contributed by atoms with Gasteiger partial charge in [0.15, 0.2) is 0 Å². The predicted molar refractivity (Wildman–Crippen MR) is 110 cm³/mol. The van der Waals surface area contributed by atoms with Gasteiger partial charge in [0.25, 0.3) is 0 Å². The lowest BCUT2D eigenvalue weighted by molar-refractivity contribution is -0.116. The highest BCUT2D eigenvalue weighted by atomic mass is 35.5. The number of carbonyl (C=O) groups is 2. The molecule has 0 aliphatic heterocycles. The third-order valence-corrected chi connectivity index (χ3v) is 5.61. The number of carboxylic acid groups (broad SMARTS) is 1. The van der Waals surface area contributed by atoms with Gasteiger partial charge in [-0.1, -0.05) is 59.6 Å². The van der Waals surface area contributed by atoms with E-state index in [0.29, 0.717) is 32.6 Å². The SMILES string of the molecule is O=C(CCc1ccccc1)Nc1scc(-c2ccc(Cl)c(Cl)c2)c1C(=O)O.